The highest BCUT2D eigenvalue weighted by molar-refractivity contribution is 14.1. The molecule has 0 saturated heterocycles. The highest BCUT2D eigenvalue weighted by Crippen LogP contribution is 2.32. The number of rotatable bonds is 4. The van der Waals surface area contributed by atoms with Crippen molar-refractivity contribution in [1.29, 1.82) is 0 Å². The summed E-state index contributed by atoms with van der Waals surface area (Å²) < 4.78 is 7.11. The van der Waals surface area contributed by atoms with Gasteiger partial charge in [-0.25, -0.2) is 4.79 Å². The smallest absolute Gasteiger partial charge is 0.338 e. The number of carbonyl (C=O) groups excluding carboxylic acids is 1. The van der Waals surface area contributed by atoms with E-state index in [2.05, 4.69) is 50.7 Å². The molecule has 0 unspecified atom stereocenters. The van der Waals surface area contributed by atoms with Gasteiger partial charge < -0.3 is 4.74 Å². The summed E-state index contributed by atoms with van der Waals surface area (Å²) in [6.07, 6.45) is 0. The lowest BCUT2D eigenvalue weighted by molar-refractivity contribution is 0.0526. The molecule has 0 spiro atoms. The van der Waals surface area contributed by atoms with Crippen LogP contribution >= 0.6 is 50.3 Å². The summed E-state index contributed by atoms with van der Waals surface area (Å²) in [6.45, 7) is 2.20. The molecule has 0 aliphatic heterocycles. The summed E-state index contributed by atoms with van der Waals surface area (Å²) in [4.78, 5) is 14.0. The van der Waals surface area contributed by atoms with Crippen LogP contribution in [0.5, 0.6) is 0 Å². The standard InChI is InChI=1S/C15H12BrIO2S/c1-2-19-15(18)10-3-8-14(13(17)9-10)20-12-6-4-11(16)5-7-12/h3-9H,2H2,1H3. The first-order valence-corrected chi connectivity index (χ1v) is 8.69. The molecule has 104 valence electrons. The Morgan fingerprint density at radius 1 is 1.25 bits per heavy atom. The molecule has 2 rings (SSSR count). The molecule has 0 fully saturated rings. The van der Waals surface area contributed by atoms with Crippen LogP contribution in [-0.2, 0) is 4.74 Å². The zero-order valence-electron chi connectivity index (χ0n) is 10.7. The molecule has 5 heteroatoms. The summed E-state index contributed by atoms with van der Waals surface area (Å²) >= 11 is 7.34. The second-order valence-corrected chi connectivity index (χ2v) is 7.11. The molecular formula is C15H12BrIO2S. The third-order valence-corrected chi connectivity index (χ3v) is 5.36. The van der Waals surface area contributed by atoms with Gasteiger partial charge in [-0.15, -0.1) is 0 Å². The van der Waals surface area contributed by atoms with Crippen LogP contribution in [0.1, 0.15) is 17.3 Å². The lowest BCUT2D eigenvalue weighted by atomic mass is 10.2. The summed E-state index contributed by atoms with van der Waals surface area (Å²) in [5, 5.41) is 0. The Kier molecular flexibility index (Phi) is 5.92. The van der Waals surface area contributed by atoms with Crippen molar-refractivity contribution >= 4 is 56.3 Å². The van der Waals surface area contributed by atoms with Crippen LogP contribution in [0.3, 0.4) is 0 Å². The zero-order chi connectivity index (χ0) is 14.5. The van der Waals surface area contributed by atoms with Gasteiger partial charge in [-0.05, 0) is 72.0 Å². The summed E-state index contributed by atoms with van der Waals surface area (Å²) in [5.74, 6) is -0.273. The van der Waals surface area contributed by atoms with Gasteiger partial charge in [-0.2, -0.15) is 0 Å². The molecule has 20 heavy (non-hydrogen) atoms. The number of benzene rings is 2. The van der Waals surface area contributed by atoms with E-state index < -0.39 is 0 Å². The quantitative estimate of drug-likeness (QED) is 0.450. The van der Waals surface area contributed by atoms with Crippen LogP contribution in [0.2, 0.25) is 0 Å². The Morgan fingerprint density at radius 3 is 2.55 bits per heavy atom. The molecule has 2 nitrogen and oxygen atoms in total. The Labute approximate surface area is 144 Å². The SMILES string of the molecule is CCOC(=O)c1ccc(Sc2ccc(Br)cc2)c(I)c1. The zero-order valence-corrected chi connectivity index (χ0v) is 15.3. The number of halogens is 2. The van der Waals surface area contributed by atoms with Crippen LogP contribution in [0.15, 0.2) is 56.7 Å². The third-order valence-electron chi connectivity index (χ3n) is 2.48. The van der Waals surface area contributed by atoms with Gasteiger partial charge in [-0.3, -0.25) is 0 Å². The van der Waals surface area contributed by atoms with E-state index in [1.165, 1.54) is 0 Å². The predicted octanol–water partition coefficient (Wildman–Crippen LogP) is 5.38. The van der Waals surface area contributed by atoms with E-state index in [0.717, 1.165) is 17.8 Å². The number of ether oxygens (including phenoxy) is 1. The van der Waals surface area contributed by atoms with Gasteiger partial charge in [0, 0.05) is 17.8 Å². The van der Waals surface area contributed by atoms with Gasteiger partial charge in [0.1, 0.15) is 0 Å². The van der Waals surface area contributed by atoms with Crippen LogP contribution in [0.4, 0.5) is 0 Å². The van der Waals surface area contributed by atoms with Crippen LogP contribution in [0.25, 0.3) is 0 Å². The number of esters is 1. The predicted molar refractivity (Wildman–Crippen MR) is 93.4 cm³/mol. The molecule has 0 aliphatic rings. The van der Waals surface area contributed by atoms with Crippen molar-refractivity contribution < 1.29 is 9.53 Å². The Morgan fingerprint density at radius 2 is 1.95 bits per heavy atom. The van der Waals surface area contributed by atoms with Crippen molar-refractivity contribution in [3.05, 3.63) is 56.1 Å². The summed E-state index contributed by atoms with van der Waals surface area (Å²) in [6, 6.07) is 13.8. The molecule has 0 aliphatic carbocycles. The molecule has 0 radical (unpaired) electrons. The monoisotopic (exact) mass is 462 g/mol. The maximum Gasteiger partial charge on any atom is 0.338 e. The van der Waals surface area contributed by atoms with Crippen LogP contribution < -0.4 is 0 Å². The summed E-state index contributed by atoms with van der Waals surface area (Å²) in [5.41, 5.74) is 0.594. The second kappa shape index (κ2) is 7.47. The number of hydrogen-bond acceptors (Lipinski definition) is 3. The van der Waals surface area contributed by atoms with Gasteiger partial charge in [0.2, 0.25) is 0 Å². The van der Waals surface area contributed by atoms with Crippen molar-refractivity contribution in [2.45, 2.75) is 16.7 Å². The van der Waals surface area contributed by atoms with E-state index in [4.69, 9.17) is 4.74 Å². The molecule has 0 heterocycles. The van der Waals surface area contributed by atoms with E-state index in [-0.39, 0.29) is 5.97 Å². The van der Waals surface area contributed by atoms with Crippen molar-refractivity contribution in [3.8, 4) is 0 Å². The second-order valence-electron chi connectivity index (χ2n) is 3.92. The minimum absolute atomic E-state index is 0.273. The molecule has 0 N–H and O–H groups in total. The fourth-order valence-corrected chi connectivity index (χ4v) is 3.48. The maximum absolute atomic E-state index is 11.7. The van der Waals surface area contributed by atoms with Crippen molar-refractivity contribution in [2.75, 3.05) is 6.61 Å². The molecular weight excluding hydrogens is 451 g/mol. The minimum Gasteiger partial charge on any atom is -0.462 e. The average Bonchev–Trinajstić information content (AvgIpc) is 2.43. The van der Waals surface area contributed by atoms with Gasteiger partial charge in [0.25, 0.3) is 0 Å². The summed E-state index contributed by atoms with van der Waals surface area (Å²) in [7, 11) is 0. The van der Waals surface area contributed by atoms with Gasteiger partial charge in [0.15, 0.2) is 0 Å². The largest absolute Gasteiger partial charge is 0.462 e. The highest BCUT2D eigenvalue weighted by Gasteiger charge is 2.10. The first kappa shape index (κ1) is 15.9. The minimum atomic E-state index is -0.273. The van der Waals surface area contributed by atoms with E-state index in [1.807, 2.05) is 24.3 Å². The molecule has 0 amide bonds. The Hall–Kier alpha value is -0.530. The molecule has 0 saturated carbocycles. The topological polar surface area (TPSA) is 26.3 Å². The van der Waals surface area contributed by atoms with E-state index in [1.54, 1.807) is 24.8 Å². The van der Waals surface area contributed by atoms with Crippen molar-refractivity contribution in [2.24, 2.45) is 0 Å². The van der Waals surface area contributed by atoms with E-state index in [9.17, 15) is 4.79 Å². The fraction of sp³-hybridized carbons (Fsp3) is 0.133. The van der Waals surface area contributed by atoms with E-state index >= 15 is 0 Å². The Balaban J connectivity index is 2.17. The normalized spacial score (nSPS) is 10.3. The molecule has 0 aromatic heterocycles. The fourth-order valence-electron chi connectivity index (χ4n) is 1.55. The highest BCUT2D eigenvalue weighted by atomic mass is 127. The molecule has 0 bridgehead atoms. The first-order chi connectivity index (χ1) is 9.60. The van der Waals surface area contributed by atoms with Crippen molar-refractivity contribution in [3.63, 3.8) is 0 Å². The molecule has 0 atom stereocenters. The first-order valence-electron chi connectivity index (χ1n) is 6.00. The number of carbonyl (C=O) groups is 1. The number of hydrogen-bond donors (Lipinski definition) is 0. The molecule has 2 aromatic carbocycles. The Bertz CT molecular complexity index is 614. The molecule has 2 aromatic rings. The van der Waals surface area contributed by atoms with Gasteiger partial charge in [-0.1, -0.05) is 27.7 Å². The van der Waals surface area contributed by atoms with Gasteiger partial charge in [0.05, 0.1) is 12.2 Å². The van der Waals surface area contributed by atoms with Crippen molar-refractivity contribution in [1.82, 2.24) is 0 Å². The third kappa shape index (κ3) is 4.23. The van der Waals surface area contributed by atoms with E-state index in [0.29, 0.717) is 12.2 Å². The maximum atomic E-state index is 11.7. The average molecular weight is 463 g/mol. The van der Waals surface area contributed by atoms with Crippen LogP contribution in [-0.4, -0.2) is 12.6 Å². The lowest BCUT2D eigenvalue weighted by Gasteiger charge is -2.07. The lowest BCUT2D eigenvalue weighted by Crippen LogP contribution is -2.04. The van der Waals surface area contributed by atoms with Gasteiger partial charge >= 0.3 is 5.97 Å². The van der Waals surface area contributed by atoms with Crippen LogP contribution in [0, 0.1) is 3.57 Å².